The predicted octanol–water partition coefficient (Wildman–Crippen LogP) is 3.35. The number of halogens is 4. The van der Waals surface area contributed by atoms with Gasteiger partial charge in [0, 0.05) is 19.6 Å². The van der Waals surface area contributed by atoms with E-state index in [2.05, 4.69) is 15.3 Å². The highest BCUT2D eigenvalue weighted by Gasteiger charge is 2.41. The Hall–Kier alpha value is -4.29. The van der Waals surface area contributed by atoms with E-state index < -0.39 is 58.0 Å². The van der Waals surface area contributed by atoms with Crippen molar-refractivity contribution in [2.24, 2.45) is 0 Å². The lowest BCUT2D eigenvalue weighted by Gasteiger charge is -2.47. The Kier molecular flexibility index (Phi) is 7.68. The lowest BCUT2D eigenvalue weighted by molar-refractivity contribution is -0.138. The summed E-state index contributed by atoms with van der Waals surface area (Å²) in [6, 6.07) is 7.42. The minimum Gasteiger partial charge on any atom is -0.339 e. The fourth-order valence-electron chi connectivity index (χ4n) is 4.70. The molecule has 0 saturated carbocycles. The predicted molar refractivity (Wildman–Crippen MR) is 137 cm³/mol. The van der Waals surface area contributed by atoms with Gasteiger partial charge in [0.1, 0.15) is 11.9 Å². The Bertz CT molecular complexity index is 1540. The van der Waals surface area contributed by atoms with Crippen molar-refractivity contribution in [2.75, 3.05) is 19.6 Å². The summed E-state index contributed by atoms with van der Waals surface area (Å²) in [6.45, 7) is 5.00. The van der Waals surface area contributed by atoms with Crippen molar-refractivity contribution in [3.63, 3.8) is 0 Å². The summed E-state index contributed by atoms with van der Waals surface area (Å²) in [5.41, 5.74) is -2.96. The monoisotopic (exact) mass is 561 g/mol. The summed E-state index contributed by atoms with van der Waals surface area (Å²) in [4.78, 5) is 61.2. The second kappa shape index (κ2) is 10.7. The SMILES string of the molecule is CC[C@H](NC(=O)c1nc2ccccc2[nH]c1=O)C(=O)N1CCN(C(=O)c2ccc(C(F)(F)F)cc2F)C(C)(C)C1. The van der Waals surface area contributed by atoms with Gasteiger partial charge in [-0.05, 0) is 50.6 Å². The van der Waals surface area contributed by atoms with Gasteiger partial charge in [0.25, 0.3) is 17.4 Å². The molecule has 0 bridgehead atoms. The van der Waals surface area contributed by atoms with Gasteiger partial charge >= 0.3 is 6.18 Å². The molecule has 3 aromatic rings. The molecule has 3 amide bonds. The molecule has 0 unspecified atom stereocenters. The van der Waals surface area contributed by atoms with Gasteiger partial charge in [0.05, 0.1) is 27.7 Å². The number of amides is 3. The highest BCUT2D eigenvalue weighted by atomic mass is 19.4. The molecule has 4 rings (SSSR count). The van der Waals surface area contributed by atoms with Crippen LogP contribution in [0.25, 0.3) is 11.0 Å². The number of nitrogens with one attached hydrogen (secondary N) is 2. The van der Waals surface area contributed by atoms with E-state index in [4.69, 9.17) is 0 Å². The third-order valence-corrected chi connectivity index (χ3v) is 6.81. The van der Waals surface area contributed by atoms with Gasteiger partial charge in [0.15, 0.2) is 5.69 Å². The molecule has 0 spiro atoms. The van der Waals surface area contributed by atoms with Crippen molar-refractivity contribution in [3.05, 3.63) is 75.5 Å². The number of aromatic nitrogens is 2. The average Bonchev–Trinajstić information content (AvgIpc) is 2.89. The number of carbonyl (C=O) groups is 3. The molecule has 1 saturated heterocycles. The maximum absolute atomic E-state index is 14.5. The Morgan fingerprint density at radius 1 is 1.12 bits per heavy atom. The van der Waals surface area contributed by atoms with E-state index >= 15 is 0 Å². The number of piperazine rings is 1. The van der Waals surface area contributed by atoms with Crippen LogP contribution in [0.4, 0.5) is 17.6 Å². The molecule has 1 aliphatic heterocycles. The number of hydrogen-bond donors (Lipinski definition) is 2. The van der Waals surface area contributed by atoms with Gasteiger partial charge in [-0.1, -0.05) is 19.1 Å². The highest BCUT2D eigenvalue weighted by Crippen LogP contribution is 2.31. The van der Waals surface area contributed by atoms with Crippen molar-refractivity contribution in [1.82, 2.24) is 25.1 Å². The van der Waals surface area contributed by atoms with Crippen LogP contribution in [0.1, 0.15) is 53.6 Å². The first-order valence-corrected chi connectivity index (χ1v) is 12.5. The Morgan fingerprint density at radius 2 is 1.82 bits per heavy atom. The second-order valence-electron chi connectivity index (χ2n) is 10.1. The summed E-state index contributed by atoms with van der Waals surface area (Å²) < 4.78 is 53.2. The second-order valence-corrected chi connectivity index (χ2v) is 10.1. The van der Waals surface area contributed by atoms with Crippen molar-refractivity contribution in [1.29, 1.82) is 0 Å². The maximum atomic E-state index is 14.5. The van der Waals surface area contributed by atoms with Crippen LogP contribution < -0.4 is 10.9 Å². The number of nitrogens with zero attached hydrogens (tertiary/aromatic N) is 3. The fraction of sp³-hybridized carbons (Fsp3) is 0.370. The molecule has 2 heterocycles. The van der Waals surface area contributed by atoms with Gasteiger partial charge in [-0.2, -0.15) is 13.2 Å². The van der Waals surface area contributed by atoms with Crippen LogP contribution in [0.2, 0.25) is 0 Å². The van der Waals surface area contributed by atoms with Crippen LogP contribution in [-0.2, 0) is 11.0 Å². The van der Waals surface area contributed by atoms with E-state index in [1.54, 1.807) is 45.0 Å². The topological polar surface area (TPSA) is 115 Å². The van der Waals surface area contributed by atoms with Crippen LogP contribution >= 0.6 is 0 Å². The van der Waals surface area contributed by atoms with Gasteiger partial charge < -0.3 is 20.1 Å². The van der Waals surface area contributed by atoms with E-state index in [0.29, 0.717) is 17.1 Å². The molecule has 2 N–H and O–H groups in total. The molecule has 0 aliphatic carbocycles. The lowest BCUT2D eigenvalue weighted by Crippen LogP contribution is -2.64. The summed E-state index contributed by atoms with van der Waals surface area (Å²) in [5, 5.41) is 2.56. The number of rotatable bonds is 5. The fourth-order valence-corrected chi connectivity index (χ4v) is 4.70. The van der Waals surface area contributed by atoms with Crippen molar-refractivity contribution in [2.45, 2.75) is 44.9 Å². The third-order valence-electron chi connectivity index (χ3n) is 6.81. The molecule has 1 atom stereocenters. The number of aromatic amines is 1. The van der Waals surface area contributed by atoms with Gasteiger partial charge in [-0.15, -0.1) is 0 Å². The molecule has 13 heteroatoms. The van der Waals surface area contributed by atoms with Gasteiger partial charge in [0.2, 0.25) is 5.91 Å². The molecule has 2 aromatic carbocycles. The molecular formula is C27H27F4N5O4. The molecule has 0 radical (unpaired) electrons. The molecule has 9 nitrogen and oxygen atoms in total. The first-order chi connectivity index (χ1) is 18.7. The molecule has 40 heavy (non-hydrogen) atoms. The summed E-state index contributed by atoms with van der Waals surface area (Å²) >= 11 is 0. The number of H-pyrrole nitrogens is 1. The van der Waals surface area contributed by atoms with Crippen molar-refractivity contribution < 1.29 is 31.9 Å². The zero-order valence-electron chi connectivity index (χ0n) is 21.9. The van der Waals surface area contributed by atoms with Crippen LogP contribution in [0, 0.1) is 5.82 Å². The van der Waals surface area contributed by atoms with E-state index in [1.165, 1.54) is 9.80 Å². The smallest absolute Gasteiger partial charge is 0.339 e. The maximum Gasteiger partial charge on any atom is 0.416 e. The Balaban J connectivity index is 1.47. The van der Waals surface area contributed by atoms with Gasteiger partial charge in [-0.3, -0.25) is 19.2 Å². The van der Waals surface area contributed by atoms with Crippen molar-refractivity contribution in [3.8, 4) is 0 Å². The average molecular weight is 562 g/mol. The van der Waals surface area contributed by atoms with E-state index in [-0.39, 0.29) is 37.8 Å². The van der Waals surface area contributed by atoms with Crippen LogP contribution in [0.15, 0.2) is 47.3 Å². The van der Waals surface area contributed by atoms with Crippen LogP contribution in [0.5, 0.6) is 0 Å². The number of hydrogen-bond acceptors (Lipinski definition) is 5. The zero-order chi connectivity index (χ0) is 29.4. The summed E-state index contributed by atoms with van der Waals surface area (Å²) in [6.07, 6.45) is -4.55. The van der Waals surface area contributed by atoms with Crippen LogP contribution in [-0.4, -0.2) is 68.7 Å². The van der Waals surface area contributed by atoms with Gasteiger partial charge in [-0.25, -0.2) is 9.37 Å². The number of para-hydroxylation sites is 2. The number of carbonyl (C=O) groups excluding carboxylic acids is 3. The first kappa shape index (κ1) is 28.7. The molecule has 1 fully saturated rings. The number of alkyl halides is 3. The summed E-state index contributed by atoms with van der Waals surface area (Å²) in [7, 11) is 0. The van der Waals surface area contributed by atoms with Crippen molar-refractivity contribution >= 4 is 28.8 Å². The quantitative estimate of drug-likeness (QED) is 0.464. The van der Waals surface area contributed by atoms with E-state index in [0.717, 1.165) is 6.07 Å². The largest absolute Gasteiger partial charge is 0.416 e. The standard InChI is InChI=1S/C27H27F4N5O4/c1-4-18(33-22(37)21-23(38)34-20-8-6-5-7-19(20)32-21)25(40)35-11-12-36(26(2,3)14-35)24(39)16-10-9-15(13-17(16)28)27(29,30)31/h5-10,13,18H,4,11-12,14H2,1-3H3,(H,33,37)(H,34,38)/t18-/m0/s1. The normalized spacial score (nSPS) is 16.1. The minimum atomic E-state index is -4.75. The minimum absolute atomic E-state index is 0.0149. The third kappa shape index (κ3) is 5.68. The summed E-state index contributed by atoms with van der Waals surface area (Å²) in [5.74, 6) is -3.36. The molecule has 1 aliphatic rings. The number of benzene rings is 2. The van der Waals surface area contributed by atoms with E-state index in [9.17, 15) is 36.7 Å². The molecular weight excluding hydrogens is 534 g/mol. The van der Waals surface area contributed by atoms with E-state index in [1.807, 2.05) is 0 Å². The zero-order valence-corrected chi connectivity index (χ0v) is 21.9. The molecule has 212 valence electrons. The molecule has 1 aromatic heterocycles. The lowest BCUT2D eigenvalue weighted by atomic mass is 9.96. The first-order valence-electron chi connectivity index (χ1n) is 12.5. The Morgan fingerprint density at radius 3 is 2.45 bits per heavy atom. The Labute approximate surface area is 226 Å². The highest BCUT2D eigenvalue weighted by molar-refractivity contribution is 5.97. The number of fused-ring (bicyclic) bond motifs is 1. The van der Waals surface area contributed by atoms with Crippen LogP contribution in [0.3, 0.4) is 0 Å².